The normalized spacial score (nSPS) is 10.4. The topological polar surface area (TPSA) is 53.1 Å². The van der Waals surface area contributed by atoms with E-state index in [0.29, 0.717) is 5.69 Å². The Kier molecular flexibility index (Phi) is 2.76. The highest BCUT2D eigenvalue weighted by Crippen LogP contribution is 2.19. The number of carboxylic acids is 1. The molecule has 0 spiro atoms. The Bertz CT molecular complexity index is 326. The van der Waals surface area contributed by atoms with Crippen LogP contribution >= 0.6 is 0 Å². The van der Waals surface area contributed by atoms with Gasteiger partial charge in [-0.3, -0.25) is 0 Å². The molecule has 0 radical (unpaired) electrons. The summed E-state index contributed by atoms with van der Waals surface area (Å²) >= 11 is 0. The number of hydrogen-bond acceptors (Lipinski definition) is 1. The minimum absolute atomic E-state index is 0.358. The van der Waals surface area contributed by atoms with Crippen molar-refractivity contribution in [3.63, 3.8) is 0 Å². The zero-order valence-corrected chi connectivity index (χ0v) is 8.27. The second-order valence-corrected chi connectivity index (χ2v) is 3.09. The fraction of sp³-hybridized carbons (Fsp3) is 0.500. The molecule has 3 nitrogen and oxygen atoms in total. The number of H-pyrrole nitrogens is 1. The van der Waals surface area contributed by atoms with Crippen molar-refractivity contribution in [1.82, 2.24) is 4.98 Å². The molecule has 0 aliphatic heterocycles. The van der Waals surface area contributed by atoms with E-state index in [1.165, 1.54) is 0 Å². The molecule has 1 heterocycles. The van der Waals surface area contributed by atoms with Crippen LogP contribution in [0.3, 0.4) is 0 Å². The van der Waals surface area contributed by atoms with Gasteiger partial charge < -0.3 is 10.1 Å². The lowest BCUT2D eigenvalue weighted by Gasteiger charge is -1.96. The Morgan fingerprint density at radius 1 is 1.38 bits per heavy atom. The number of rotatable bonds is 3. The highest BCUT2D eigenvalue weighted by atomic mass is 16.4. The van der Waals surface area contributed by atoms with E-state index in [2.05, 4.69) is 4.98 Å². The largest absolute Gasteiger partial charge is 0.477 e. The van der Waals surface area contributed by atoms with Crippen molar-refractivity contribution in [3.05, 3.63) is 22.5 Å². The van der Waals surface area contributed by atoms with E-state index in [-0.39, 0.29) is 0 Å². The van der Waals surface area contributed by atoms with E-state index in [4.69, 9.17) is 5.11 Å². The van der Waals surface area contributed by atoms with E-state index in [9.17, 15) is 4.79 Å². The highest BCUT2D eigenvalue weighted by molar-refractivity contribution is 5.88. The van der Waals surface area contributed by atoms with Gasteiger partial charge in [0, 0.05) is 5.69 Å². The Morgan fingerprint density at radius 3 is 2.31 bits per heavy atom. The van der Waals surface area contributed by atoms with Crippen LogP contribution in [0.4, 0.5) is 0 Å². The number of aromatic carboxylic acids is 1. The van der Waals surface area contributed by atoms with Crippen LogP contribution < -0.4 is 0 Å². The monoisotopic (exact) mass is 181 g/mol. The maximum absolute atomic E-state index is 10.8. The molecule has 2 N–H and O–H groups in total. The number of aryl methyl sites for hydroxylation is 1. The maximum atomic E-state index is 10.8. The maximum Gasteiger partial charge on any atom is 0.352 e. The van der Waals surface area contributed by atoms with Gasteiger partial charge in [-0.1, -0.05) is 13.8 Å². The lowest BCUT2D eigenvalue weighted by molar-refractivity contribution is 0.0690. The summed E-state index contributed by atoms with van der Waals surface area (Å²) in [5, 5.41) is 8.90. The van der Waals surface area contributed by atoms with E-state index in [1.54, 1.807) is 0 Å². The summed E-state index contributed by atoms with van der Waals surface area (Å²) in [7, 11) is 0. The van der Waals surface area contributed by atoms with Gasteiger partial charge in [0.2, 0.25) is 0 Å². The molecule has 0 aromatic carbocycles. The summed E-state index contributed by atoms with van der Waals surface area (Å²) in [6, 6.07) is 0. The molecular weight excluding hydrogens is 166 g/mol. The average molecular weight is 181 g/mol. The molecule has 0 aliphatic carbocycles. The van der Waals surface area contributed by atoms with Crippen LogP contribution in [0, 0.1) is 6.92 Å². The third-order valence-corrected chi connectivity index (χ3v) is 2.40. The SMILES string of the molecule is CCc1[nH]c(C(=O)O)c(CC)c1C. The van der Waals surface area contributed by atoms with Gasteiger partial charge in [-0.25, -0.2) is 4.79 Å². The third kappa shape index (κ3) is 1.59. The van der Waals surface area contributed by atoms with Crippen molar-refractivity contribution >= 4 is 5.97 Å². The molecule has 0 unspecified atom stereocenters. The molecular formula is C10H15NO2. The van der Waals surface area contributed by atoms with Crippen LogP contribution in [0.15, 0.2) is 0 Å². The number of carbonyl (C=O) groups is 1. The van der Waals surface area contributed by atoms with E-state index < -0.39 is 5.97 Å². The number of nitrogens with one attached hydrogen (secondary N) is 1. The minimum Gasteiger partial charge on any atom is -0.477 e. The summed E-state index contributed by atoms with van der Waals surface area (Å²) in [4.78, 5) is 13.8. The summed E-state index contributed by atoms with van der Waals surface area (Å²) in [5.41, 5.74) is 3.43. The van der Waals surface area contributed by atoms with Crippen molar-refractivity contribution in [3.8, 4) is 0 Å². The fourth-order valence-corrected chi connectivity index (χ4v) is 1.67. The van der Waals surface area contributed by atoms with E-state index >= 15 is 0 Å². The fourth-order valence-electron chi connectivity index (χ4n) is 1.67. The van der Waals surface area contributed by atoms with Gasteiger partial charge in [0.15, 0.2) is 0 Å². The second kappa shape index (κ2) is 3.64. The van der Waals surface area contributed by atoms with Gasteiger partial charge in [-0.05, 0) is 30.9 Å². The zero-order valence-electron chi connectivity index (χ0n) is 8.27. The van der Waals surface area contributed by atoms with Gasteiger partial charge in [0.1, 0.15) is 5.69 Å². The number of hydrogen-bond donors (Lipinski definition) is 2. The van der Waals surface area contributed by atoms with E-state index in [0.717, 1.165) is 29.7 Å². The second-order valence-electron chi connectivity index (χ2n) is 3.09. The first-order chi connectivity index (χ1) is 6.11. The molecule has 13 heavy (non-hydrogen) atoms. The van der Waals surface area contributed by atoms with E-state index in [1.807, 2.05) is 20.8 Å². The molecule has 1 rings (SSSR count). The lowest BCUT2D eigenvalue weighted by atomic mass is 10.1. The van der Waals surface area contributed by atoms with Crippen molar-refractivity contribution < 1.29 is 9.90 Å². The predicted molar refractivity (Wildman–Crippen MR) is 51.2 cm³/mol. The molecule has 0 atom stereocenters. The molecule has 0 fully saturated rings. The summed E-state index contributed by atoms with van der Waals surface area (Å²) in [5.74, 6) is -0.861. The van der Waals surface area contributed by atoms with Crippen LogP contribution in [-0.4, -0.2) is 16.1 Å². The van der Waals surface area contributed by atoms with Gasteiger partial charge in [0.05, 0.1) is 0 Å². The first-order valence-corrected chi connectivity index (χ1v) is 4.55. The molecule has 0 aliphatic rings. The van der Waals surface area contributed by atoms with Gasteiger partial charge >= 0.3 is 5.97 Å². The molecule has 72 valence electrons. The molecule has 0 saturated heterocycles. The van der Waals surface area contributed by atoms with Crippen LogP contribution in [0.2, 0.25) is 0 Å². The molecule has 0 saturated carbocycles. The first-order valence-electron chi connectivity index (χ1n) is 4.55. The molecule has 1 aromatic rings. The molecule has 0 bridgehead atoms. The van der Waals surface area contributed by atoms with Gasteiger partial charge in [-0.15, -0.1) is 0 Å². The Morgan fingerprint density at radius 2 is 2.00 bits per heavy atom. The number of aromatic nitrogens is 1. The predicted octanol–water partition coefficient (Wildman–Crippen LogP) is 2.15. The molecule has 0 amide bonds. The van der Waals surface area contributed by atoms with Crippen molar-refractivity contribution in [2.75, 3.05) is 0 Å². The molecule has 3 heteroatoms. The molecule has 1 aromatic heterocycles. The van der Waals surface area contributed by atoms with Crippen molar-refractivity contribution in [1.29, 1.82) is 0 Å². The standard InChI is InChI=1S/C10H15NO2/c1-4-7-6(3)8(5-2)11-9(7)10(12)13/h11H,4-5H2,1-3H3,(H,12,13). The highest BCUT2D eigenvalue weighted by Gasteiger charge is 2.16. The Labute approximate surface area is 77.8 Å². The third-order valence-electron chi connectivity index (χ3n) is 2.40. The average Bonchev–Trinajstić information content (AvgIpc) is 2.42. The zero-order chi connectivity index (χ0) is 10.0. The van der Waals surface area contributed by atoms with Crippen molar-refractivity contribution in [2.24, 2.45) is 0 Å². The lowest BCUT2D eigenvalue weighted by Crippen LogP contribution is -2.00. The van der Waals surface area contributed by atoms with Crippen LogP contribution in [0.1, 0.15) is 41.2 Å². The number of aromatic amines is 1. The van der Waals surface area contributed by atoms with Crippen molar-refractivity contribution in [2.45, 2.75) is 33.6 Å². The van der Waals surface area contributed by atoms with Crippen LogP contribution in [-0.2, 0) is 12.8 Å². The van der Waals surface area contributed by atoms with Crippen LogP contribution in [0.25, 0.3) is 0 Å². The minimum atomic E-state index is -0.861. The quantitative estimate of drug-likeness (QED) is 0.750. The first kappa shape index (κ1) is 9.84. The smallest absolute Gasteiger partial charge is 0.352 e. The summed E-state index contributed by atoms with van der Waals surface area (Å²) in [6.07, 6.45) is 1.62. The summed E-state index contributed by atoms with van der Waals surface area (Å²) < 4.78 is 0. The van der Waals surface area contributed by atoms with Crippen LogP contribution in [0.5, 0.6) is 0 Å². The number of carboxylic acid groups (broad SMARTS) is 1. The Hall–Kier alpha value is -1.25. The van der Waals surface area contributed by atoms with Gasteiger partial charge in [0.25, 0.3) is 0 Å². The van der Waals surface area contributed by atoms with Gasteiger partial charge in [-0.2, -0.15) is 0 Å². The Balaban J connectivity index is 3.27. The summed E-state index contributed by atoms with van der Waals surface area (Å²) in [6.45, 7) is 5.96.